The molecule has 0 aromatic carbocycles. The molecule has 0 rings (SSSR count). The second kappa shape index (κ2) is 6.04. The van der Waals surface area contributed by atoms with Crippen LogP contribution in [0, 0.1) is 0 Å². The zero-order valence-electron chi connectivity index (χ0n) is 8.76. The Kier molecular flexibility index (Phi) is 5.77. The molecule has 2 nitrogen and oxygen atoms in total. The number of amides is 1. The Balaban J connectivity index is 3.94. The molecule has 0 aliphatic carbocycles. The van der Waals surface area contributed by atoms with Gasteiger partial charge in [0, 0.05) is 19.5 Å². The molecule has 0 heterocycles. The van der Waals surface area contributed by atoms with E-state index >= 15 is 0 Å². The molecule has 0 aromatic rings. The third-order valence-electron chi connectivity index (χ3n) is 2.28. The summed E-state index contributed by atoms with van der Waals surface area (Å²) in [6, 6.07) is 0.397. The van der Waals surface area contributed by atoms with Crippen LogP contribution in [0.5, 0.6) is 0 Å². The highest BCUT2D eigenvalue weighted by molar-refractivity contribution is 5.73. The Bertz CT molecular complexity index is 134. The standard InChI is InChI=1S/C10H21NO/c1-5-7-8-11(10(4)12)9(3)6-2/h9H,5-8H2,1-4H3. The second-order valence-electron chi connectivity index (χ2n) is 3.32. The Labute approximate surface area is 75.9 Å². The van der Waals surface area contributed by atoms with E-state index in [-0.39, 0.29) is 5.91 Å². The quantitative estimate of drug-likeness (QED) is 0.622. The monoisotopic (exact) mass is 171 g/mol. The number of carbonyl (C=O) groups is 1. The molecule has 0 N–H and O–H groups in total. The highest BCUT2D eigenvalue weighted by Gasteiger charge is 2.13. The summed E-state index contributed by atoms with van der Waals surface area (Å²) in [6.07, 6.45) is 3.31. The van der Waals surface area contributed by atoms with Crippen LogP contribution in [-0.2, 0) is 4.79 Å². The van der Waals surface area contributed by atoms with Gasteiger partial charge in [-0.1, -0.05) is 20.3 Å². The molecule has 0 saturated heterocycles. The number of rotatable bonds is 5. The molecule has 1 atom stereocenters. The summed E-state index contributed by atoms with van der Waals surface area (Å²) in [5, 5.41) is 0. The molecule has 0 spiro atoms. The molecule has 1 amide bonds. The molecule has 0 radical (unpaired) electrons. The molecular formula is C10H21NO. The van der Waals surface area contributed by atoms with Gasteiger partial charge in [0.25, 0.3) is 0 Å². The van der Waals surface area contributed by atoms with Crippen molar-refractivity contribution in [1.29, 1.82) is 0 Å². The molecule has 0 bridgehead atoms. The lowest BCUT2D eigenvalue weighted by atomic mass is 10.2. The van der Waals surface area contributed by atoms with Crippen LogP contribution >= 0.6 is 0 Å². The SMILES string of the molecule is CCCCN(C(C)=O)C(C)CC. The summed E-state index contributed by atoms with van der Waals surface area (Å²) < 4.78 is 0. The smallest absolute Gasteiger partial charge is 0.219 e. The average Bonchev–Trinajstić information content (AvgIpc) is 2.04. The Morgan fingerprint density at radius 1 is 1.42 bits per heavy atom. The summed E-state index contributed by atoms with van der Waals surface area (Å²) in [7, 11) is 0. The number of hydrogen-bond donors (Lipinski definition) is 0. The first-order valence-electron chi connectivity index (χ1n) is 4.90. The van der Waals surface area contributed by atoms with Crippen LogP contribution in [0.15, 0.2) is 0 Å². The van der Waals surface area contributed by atoms with Crippen molar-refractivity contribution < 1.29 is 4.79 Å². The zero-order chi connectivity index (χ0) is 9.56. The van der Waals surface area contributed by atoms with E-state index in [1.165, 1.54) is 0 Å². The van der Waals surface area contributed by atoms with Gasteiger partial charge in [-0.3, -0.25) is 4.79 Å². The summed E-state index contributed by atoms with van der Waals surface area (Å²) in [4.78, 5) is 13.1. The minimum atomic E-state index is 0.206. The van der Waals surface area contributed by atoms with Crippen molar-refractivity contribution in [3.05, 3.63) is 0 Å². The van der Waals surface area contributed by atoms with E-state index in [9.17, 15) is 4.79 Å². The van der Waals surface area contributed by atoms with Crippen molar-refractivity contribution in [2.45, 2.75) is 53.0 Å². The van der Waals surface area contributed by atoms with E-state index in [4.69, 9.17) is 0 Å². The summed E-state index contributed by atoms with van der Waals surface area (Å²) in [6.45, 7) is 8.95. The lowest BCUT2D eigenvalue weighted by molar-refractivity contribution is -0.130. The Morgan fingerprint density at radius 2 is 2.00 bits per heavy atom. The van der Waals surface area contributed by atoms with Gasteiger partial charge in [-0.15, -0.1) is 0 Å². The van der Waals surface area contributed by atoms with E-state index in [2.05, 4.69) is 20.8 Å². The van der Waals surface area contributed by atoms with Gasteiger partial charge in [0.15, 0.2) is 0 Å². The average molecular weight is 171 g/mol. The lowest BCUT2D eigenvalue weighted by Crippen LogP contribution is -2.37. The van der Waals surface area contributed by atoms with Crippen molar-refractivity contribution >= 4 is 5.91 Å². The number of nitrogens with zero attached hydrogens (tertiary/aromatic N) is 1. The lowest BCUT2D eigenvalue weighted by Gasteiger charge is -2.27. The van der Waals surface area contributed by atoms with Crippen LogP contribution in [0.3, 0.4) is 0 Å². The van der Waals surface area contributed by atoms with Gasteiger partial charge < -0.3 is 4.90 Å². The van der Waals surface area contributed by atoms with E-state index < -0.39 is 0 Å². The van der Waals surface area contributed by atoms with Crippen LogP contribution in [0.25, 0.3) is 0 Å². The molecule has 0 aliphatic heterocycles. The van der Waals surface area contributed by atoms with Crippen LogP contribution in [0.1, 0.15) is 47.0 Å². The first-order chi connectivity index (χ1) is 5.63. The van der Waals surface area contributed by atoms with Crippen molar-refractivity contribution in [2.75, 3.05) is 6.54 Å². The minimum absolute atomic E-state index is 0.206. The molecular weight excluding hydrogens is 150 g/mol. The fraction of sp³-hybridized carbons (Fsp3) is 0.900. The normalized spacial score (nSPS) is 12.7. The zero-order valence-corrected chi connectivity index (χ0v) is 8.76. The molecule has 2 heteroatoms. The molecule has 0 saturated carbocycles. The number of carbonyl (C=O) groups excluding carboxylic acids is 1. The summed E-state index contributed by atoms with van der Waals surface area (Å²) >= 11 is 0. The van der Waals surface area contributed by atoms with Crippen molar-refractivity contribution in [3.63, 3.8) is 0 Å². The fourth-order valence-electron chi connectivity index (χ4n) is 1.24. The topological polar surface area (TPSA) is 20.3 Å². The Hall–Kier alpha value is -0.530. The molecule has 0 fully saturated rings. The third kappa shape index (κ3) is 3.74. The molecule has 72 valence electrons. The first-order valence-corrected chi connectivity index (χ1v) is 4.90. The predicted octanol–water partition coefficient (Wildman–Crippen LogP) is 2.43. The van der Waals surface area contributed by atoms with Crippen molar-refractivity contribution in [3.8, 4) is 0 Å². The van der Waals surface area contributed by atoms with Crippen molar-refractivity contribution in [1.82, 2.24) is 4.90 Å². The minimum Gasteiger partial charge on any atom is -0.340 e. The van der Waals surface area contributed by atoms with E-state index in [1.54, 1.807) is 6.92 Å². The summed E-state index contributed by atoms with van der Waals surface area (Å²) in [5.41, 5.74) is 0. The third-order valence-corrected chi connectivity index (χ3v) is 2.28. The van der Waals surface area contributed by atoms with Gasteiger partial charge in [0.2, 0.25) is 5.91 Å². The van der Waals surface area contributed by atoms with Gasteiger partial charge in [0.05, 0.1) is 0 Å². The molecule has 0 aliphatic rings. The van der Waals surface area contributed by atoms with Gasteiger partial charge in [-0.25, -0.2) is 0 Å². The predicted molar refractivity (Wildman–Crippen MR) is 52.0 cm³/mol. The van der Waals surface area contributed by atoms with E-state index in [0.29, 0.717) is 6.04 Å². The van der Waals surface area contributed by atoms with Crippen LogP contribution < -0.4 is 0 Å². The summed E-state index contributed by atoms with van der Waals surface area (Å²) in [5.74, 6) is 0.206. The van der Waals surface area contributed by atoms with Crippen molar-refractivity contribution in [2.24, 2.45) is 0 Å². The van der Waals surface area contributed by atoms with Crippen LogP contribution in [-0.4, -0.2) is 23.4 Å². The maximum absolute atomic E-state index is 11.2. The molecule has 0 aromatic heterocycles. The van der Waals surface area contributed by atoms with Gasteiger partial charge in [-0.05, 0) is 19.8 Å². The number of unbranched alkanes of at least 4 members (excludes halogenated alkanes) is 1. The van der Waals surface area contributed by atoms with Crippen LogP contribution in [0.4, 0.5) is 0 Å². The molecule has 12 heavy (non-hydrogen) atoms. The fourth-order valence-corrected chi connectivity index (χ4v) is 1.24. The largest absolute Gasteiger partial charge is 0.340 e. The maximum atomic E-state index is 11.2. The highest BCUT2D eigenvalue weighted by Crippen LogP contribution is 2.05. The van der Waals surface area contributed by atoms with Crippen LogP contribution in [0.2, 0.25) is 0 Å². The maximum Gasteiger partial charge on any atom is 0.219 e. The number of hydrogen-bond acceptors (Lipinski definition) is 1. The van der Waals surface area contributed by atoms with E-state index in [1.807, 2.05) is 4.90 Å². The second-order valence-corrected chi connectivity index (χ2v) is 3.32. The van der Waals surface area contributed by atoms with E-state index in [0.717, 1.165) is 25.8 Å². The Morgan fingerprint density at radius 3 is 2.33 bits per heavy atom. The van der Waals surface area contributed by atoms with Gasteiger partial charge in [0.1, 0.15) is 0 Å². The van der Waals surface area contributed by atoms with Gasteiger partial charge in [-0.2, -0.15) is 0 Å². The van der Waals surface area contributed by atoms with Gasteiger partial charge >= 0.3 is 0 Å². The highest BCUT2D eigenvalue weighted by atomic mass is 16.2. The first kappa shape index (κ1) is 11.5. The molecule has 1 unspecified atom stereocenters.